The minimum absolute atomic E-state index is 0.00951. The molecule has 0 aromatic heterocycles. The van der Waals surface area contributed by atoms with E-state index in [4.69, 9.17) is 5.73 Å². The standard InChI is InChI=1S/C6H13IN2O/c1-6(2,4-7)9-3-5(8)10/h9H,3-4H2,1-2H3,(H2,8,10). The first-order valence-electron chi connectivity index (χ1n) is 3.07. The van der Waals surface area contributed by atoms with Crippen molar-refractivity contribution in [3.63, 3.8) is 0 Å². The lowest BCUT2D eigenvalue weighted by atomic mass is 10.1. The first kappa shape index (κ1) is 10.2. The Morgan fingerprint density at radius 3 is 2.50 bits per heavy atom. The smallest absolute Gasteiger partial charge is 0.231 e. The largest absolute Gasteiger partial charge is 0.369 e. The van der Waals surface area contributed by atoms with E-state index in [0.29, 0.717) is 0 Å². The molecule has 0 atom stereocenters. The maximum atomic E-state index is 10.3. The molecule has 0 aliphatic heterocycles. The zero-order valence-corrected chi connectivity index (χ0v) is 8.44. The number of nitrogens with one attached hydrogen (secondary N) is 1. The zero-order valence-electron chi connectivity index (χ0n) is 6.28. The zero-order chi connectivity index (χ0) is 8.20. The molecule has 0 saturated carbocycles. The second-order valence-electron chi connectivity index (χ2n) is 2.84. The van der Waals surface area contributed by atoms with E-state index in [1.165, 1.54) is 0 Å². The predicted octanol–water partition coefficient (Wildman–Crippen LogP) is 0.275. The summed E-state index contributed by atoms with van der Waals surface area (Å²) in [5.41, 5.74) is 4.96. The molecule has 0 rings (SSSR count). The molecule has 0 aromatic carbocycles. The lowest BCUT2D eigenvalue weighted by Crippen LogP contribution is -2.45. The summed E-state index contributed by atoms with van der Waals surface area (Å²) in [5, 5.41) is 3.03. The molecule has 4 heteroatoms. The summed E-state index contributed by atoms with van der Waals surface area (Å²) in [6.45, 7) is 4.32. The average Bonchev–Trinajstić information content (AvgIpc) is 1.85. The molecule has 0 unspecified atom stereocenters. The van der Waals surface area contributed by atoms with Crippen LogP contribution in [0.15, 0.2) is 0 Å². The topological polar surface area (TPSA) is 55.1 Å². The third-order valence-electron chi connectivity index (χ3n) is 1.08. The summed E-state index contributed by atoms with van der Waals surface area (Å²) >= 11 is 2.26. The molecular weight excluding hydrogens is 243 g/mol. The van der Waals surface area contributed by atoms with E-state index in [0.717, 1.165) is 4.43 Å². The number of carbonyl (C=O) groups excluding carboxylic acids is 1. The van der Waals surface area contributed by atoms with Gasteiger partial charge in [0.2, 0.25) is 5.91 Å². The summed E-state index contributed by atoms with van der Waals surface area (Å²) in [6.07, 6.45) is 0. The van der Waals surface area contributed by atoms with Crippen LogP contribution in [0.4, 0.5) is 0 Å². The van der Waals surface area contributed by atoms with Crippen LogP contribution in [0.3, 0.4) is 0 Å². The van der Waals surface area contributed by atoms with Gasteiger partial charge in [0, 0.05) is 9.97 Å². The van der Waals surface area contributed by atoms with Gasteiger partial charge < -0.3 is 11.1 Å². The molecule has 3 nitrogen and oxygen atoms in total. The quantitative estimate of drug-likeness (QED) is 0.560. The van der Waals surface area contributed by atoms with E-state index in [1.54, 1.807) is 0 Å². The highest BCUT2D eigenvalue weighted by Crippen LogP contribution is 2.04. The van der Waals surface area contributed by atoms with Crippen molar-refractivity contribution >= 4 is 28.5 Å². The average molecular weight is 256 g/mol. The van der Waals surface area contributed by atoms with Gasteiger partial charge in [0.25, 0.3) is 0 Å². The summed E-state index contributed by atoms with van der Waals surface area (Å²) in [5.74, 6) is -0.307. The molecule has 0 fully saturated rings. The van der Waals surface area contributed by atoms with Crippen LogP contribution in [-0.4, -0.2) is 22.4 Å². The van der Waals surface area contributed by atoms with Crippen LogP contribution < -0.4 is 11.1 Å². The monoisotopic (exact) mass is 256 g/mol. The molecule has 1 amide bonds. The maximum absolute atomic E-state index is 10.3. The van der Waals surface area contributed by atoms with Gasteiger partial charge in [-0.25, -0.2) is 0 Å². The minimum atomic E-state index is -0.307. The third-order valence-corrected chi connectivity index (χ3v) is 2.98. The Balaban J connectivity index is 3.56. The van der Waals surface area contributed by atoms with Crippen molar-refractivity contribution in [3.05, 3.63) is 0 Å². The Bertz CT molecular complexity index is 125. The number of hydrogen-bond acceptors (Lipinski definition) is 2. The van der Waals surface area contributed by atoms with E-state index < -0.39 is 0 Å². The van der Waals surface area contributed by atoms with Gasteiger partial charge in [-0.2, -0.15) is 0 Å². The van der Waals surface area contributed by atoms with Gasteiger partial charge >= 0.3 is 0 Å². The number of amides is 1. The van der Waals surface area contributed by atoms with Crippen LogP contribution in [0.1, 0.15) is 13.8 Å². The first-order chi connectivity index (χ1) is 4.48. The van der Waals surface area contributed by atoms with Crippen LogP contribution in [0.25, 0.3) is 0 Å². The molecule has 0 radical (unpaired) electrons. The number of carbonyl (C=O) groups is 1. The number of nitrogens with two attached hydrogens (primary N) is 1. The van der Waals surface area contributed by atoms with Gasteiger partial charge in [-0.05, 0) is 13.8 Å². The van der Waals surface area contributed by atoms with Crippen molar-refractivity contribution in [1.82, 2.24) is 5.32 Å². The van der Waals surface area contributed by atoms with Crippen molar-refractivity contribution in [2.45, 2.75) is 19.4 Å². The molecule has 0 bridgehead atoms. The second kappa shape index (κ2) is 4.12. The molecule has 60 valence electrons. The van der Waals surface area contributed by atoms with E-state index >= 15 is 0 Å². The van der Waals surface area contributed by atoms with Crippen molar-refractivity contribution in [3.8, 4) is 0 Å². The first-order valence-corrected chi connectivity index (χ1v) is 4.60. The Morgan fingerprint density at radius 1 is 1.70 bits per heavy atom. The Morgan fingerprint density at radius 2 is 2.20 bits per heavy atom. The van der Waals surface area contributed by atoms with Gasteiger partial charge in [-0.15, -0.1) is 0 Å². The summed E-state index contributed by atoms with van der Waals surface area (Å²) < 4.78 is 0.956. The minimum Gasteiger partial charge on any atom is -0.369 e. The third kappa shape index (κ3) is 4.99. The summed E-state index contributed by atoms with van der Waals surface area (Å²) in [4.78, 5) is 10.3. The number of alkyl halides is 1. The highest BCUT2D eigenvalue weighted by molar-refractivity contribution is 14.1. The van der Waals surface area contributed by atoms with Gasteiger partial charge in [0.05, 0.1) is 6.54 Å². The molecule has 0 aromatic rings. The molecule has 10 heavy (non-hydrogen) atoms. The lowest BCUT2D eigenvalue weighted by Gasteiger charge is -2.22. The van der Waals surface area contributed by atoms with E-state index in [2.05, 4.69) is 27.9 Å². The molecule has 3 N–H and O–H groups in total. The maximum Gasteiger partial charge on any atom is 0.231 e. The van der Waals surface area contributed by atoms with Gasteiger partial charge in [-0.3, -0.25) is 4.79 Å². The fraction of sp³-hybridized carbons (Fsp3) is 0.833. The van der Waals surface area contributed by atoms with Crippen molar-refractivity contribution < 1.29 is 4.79 Å². The Hall–Kier alpha value is 0.160. The number of primary amides is 1. The normalized spacial score (nSPS) is 11.5. The van der Waals surface area contributed by atoms with Crippen LogP contribution in [0, 0.1) is 0 Å². The summed E-state index contributed by atoms with van der Waals surface area (Å²) in [6, 6.07) is 0. The SMILES string of the molecule is CC(C)(CI)NCC(N)=O. The van der Waals surface area contributed by atoms with Gasteiger partial charge in [0.1, 0.15) is 0 Å². The molecule has 0 spiro atoms. The van der Waals surface area contributed by atoms with Crippen LogP contribution >= 0.6 is 22.6 Å². The van der Waals surface area contributed by atoms with E-state index in [9.17, 15) is 4.79 Å². The fourth-order valence-electron chi connectivity index (χ4n) is 0.374. The highest BCUT2D eigenvalue weighted by atomic mass is 127. The van der Waals surface area contributed by atoms with E-state index in [-0.39, 0.29) is 18.0 Å². The van der Waals surface area contributed by atoms with Crippen molar-refractivity contribution in [2.24, 2.45) is 5.73 Å². The van der Waals surface area contributed by atoms with Crippen LogP contribution in [0.5, 0.6) is 0 Å². The molecular formula is C6H13IN2O. The van der Waals surface area contributed by atoms with Crippen molar-refractivity contribution in [2.75, 3.05) is 11.0 Å². The molecule has 0 heterocycles. The lowest BCUT2D eigenvalue weighted by molar-refractivity contribution is -0.117. The molecule has 0 saturated heterocycles. The highest BCUT2D eigenvalue weighted by Gasteiger charge is 2.14. The van der Waals surface area contributed by atoms with Crippen molar-refractivity contribution in [1.29, 1.82) is 0 Å². The fourth-order valence-corrected chi connectivity index (χ4v) is 0.643. The predicted molar refractivity (Wildman–Crippen MR) is 50.2 cm³/mol. The number of hydrogen-bond donors (Lipinski definition) is 2. The number of rotatable bonds is 4. The van der Waals surface area contributed by atoms with Crippen LogP contribution in [0.2, 0.25) is 0 Å². The Kier molecular flexibility index (Phi) is 4.19. The Labute approximate surface area is 74.9 Å². The van der Waals surface area contributed by atoms with E-state index in [1.807, 2.05) is 13.8 Å². The molecule has 0 aliphatic rings. The number of halogens is 1. The summed E-state index contributed by atoms with van der Waals surface area (Å²) in [7, 11) is 0. The van der Waals surface area contributed by atoms with Crippen LogP contribution in [-0.2, 0) is 4.79 Å². The van der Waals surface area contributed by atoms with Gasteiger partial charge in [-0.1, -0.05) is 22.6 Å². The molecule has 0 aliphatic carbocycles. The van der Waals surface area contributed by atoms with Gasteiger partial charge in [0.15, 0.2) is 0 Å². The second-order valence-corrected chi connectivity index (χ2v) is 3.60.